The lowest BCUT2D eigenvalue weighted by Gasteiger charge is -2.26. The van der Waals surface area contributed by atoms with Crippen LogP contribution in [-0.4, -0.2) is 39.8 Å². The summed E-state index contributed by atoms with van der Waals surface area (Å²) in [5.41, 5.74) is 6.11. The molecule has 0 fully saturated rings. The van der Waals surface area contributed by atoms with E-state index in [9.17, 15) is 0 Å². The molecule has 5 heteroatoms. The van der Waals surface area contributed by atoms with E-state index in [1.54, 1.807) is 0 Å². The van der Waals surface area contributed by atoms with Gasteiger partial charge in [-0.05, 0) is 63.1 Å². The summed E-state index contributed by atoms with van der Waals surface area (Å²) in [6, 6.07) is 25.7. The van der Waals surface area contributed by atoms with Crippen LogP contribution in [0.3, 0.4) is 0 Å². The van der Waals surface area contributed by atoms with Crippen LogP contribution >= 0.6 is 0 Å². The van der Waals surface area contributed by atoms with Gasteiger partial charge < -0.3 is 24.2 Å². The molecular formula is C32H37N5. The summed E-state index contributed by atoms with van der Waals surface area (Å²) >= 11 is 0. The summed E-state index contributed by atoms with van der Waals surface area (Å²) in [6.45, 7) is 10.9. The first-order chi connectivity index (χ1) is 18.1. The van der Waals surface area contributed by atoms with Gasteiger partial charge in [-0.3, -0.25) is 0 Å². The molecule has 37 heavy (non-hydrogen) atoms. The van der Waals surface area contributed by atoms with Crippen LogP contribution in [0.2, 0.25) is 0 Å². The quantitative estimate of drug-likeness (QED) is 0.266. The summed E-state index contributed by atoms with van der Waals surface area (Å²) in [7, 11) is 0. The van der Waals surface area contributed by atoms with Gasteiger partial charge in [0.2, 0.25) is 0 Å². The van der Waals surface area contributed by atoms with E-state index in [1.165, 1.54) is 38.9 Å². The molecule has 6 rings (SSSR count). The van der Waals surface area contributed by atoms with Crippen molar-refractivity contribution in [2.24, 2.45) is 0 Å². The topological polar surface area (TPSA) is 17.9 Å². The minimum Gasteiger partial charge on any atom is -0.356 e. The average molecular weight is 492 g/mol. The standard InChI is InChI=1S/C32H37N5/c1-5-24(3)33-16-18-35(22-33)26-10-9-11-28(20-26)37-31-13-8-7-12-29(31)30-15-14-27(21-32(30)37)36-19-17-34(23-36)25(4)6-2/h7-21,24-25H,5-6,22-23H2,1-4H3. The summed E-state index contributed by atoms with van der Waals surface area (Å²) in [4.78, 5) is 9.51. The molecule has 0 amide bonds. The van der Waals surface area contributed by atoms with E-state index in [-0.39, 0.29) is 0 Å². The molecule has 3 aromatic carbocycles. The van der Waals surface area contributed by atoms with Gasteiger partial charge in [0.05, 0.1) is 24.4 Å². The van der Waals surface area contributed by atoms with Crippen LogP contribution in [0, 0.1) is 0 Å². The number of para-hydroxylation sites is 1. The highest BCUT2D eigenvalue weighted by molar-refractivity contribution is 6.10. The lowest BCUT2D eigenvalue weighted by Crippen LogP contribution is -2.31. The minimum absolute atomic E-state index is 0.537. The van der Waals surface area contributed by atoms with Gasteiger partial charge in [-0.25, -0.2) is 0 Å². The van der Waals surface area contributed by atoms with Crippen LogP contribution in [0.15, 0.2) is 91.5 Å². The van der Waals surface area contributed by atoms with Crippen molar-refractivity contribution in [2.45, 2.75) is 52.6 Å². The number of rotatable bonds is 7. The van der Waals surface area contributed by atoms with Crippen molar-refractivity contribution in [1.29, 1.82) is 0 Å². The summed E-state index contributed by atoms with van der Waals surface area (Å²) in [5, 5.41) is 2.58. The zero-order valence-corrected chi connectivity index (χ0v) is 22.4. The lowest BCUT2D eigenvalue weighted by molar-refractivity contribution is 0.308. The van der Waals surface area contributed by atoms with Gasteiger partial charge in [0, 0.05) is 64.7 Å². The Morgan fingerprint density at radius 3 is 1.86 bits per heavy atom. The van der Waals surface area contributed by atoms with Gasteiger partial charge >= 0.3 is 0 Å². The maximum Gasteiger partial charge on any atom is 0.0944 e. The molecule has 0 saturated heterocycles. The van der Waals surface area contributed by atoms with Crippen LogP contribution in [0.5, 0.6) is 0 Å². The first kappa shape index (κ1) is 23.5. The number of anilines is 2. The Labute approximate surface area is 220 Å². The second kappa shape index (κ2) is 9.55. The van der Waals surface area contributed by atoms with Crippen LogP contribution < -0.4 is 9.80 Å². The Balaban J connectivity index is 1.41. The monoisotopic (exact) mass is 491 g/mol. The van der Waals surface area contributed by atoms with Crippen molar-refractivity contribution in [3.8, 4) is 5.69 Å². The Kier molecular flexibility index (Phi) is 6.07. The minimum atomic E-state index is 0.537. The summed E-state index contributed by atoms with van der Waals surface area (Å²) in [6.07, 6.45) is 11.2. The van der Waals surface area contributed by atoms with Crippen LogP contribution in [0.1, 0.15) is 40.5 Å². The van der Waals surface area contributed by atoms with Gasteiger partial charge in [0.25, 0.3) is 0 Å². The Bertz CT molecular complexity index is 1480. The molecule has 0 bridgehead atoms. The predicted molar refractivity (Wildman–Crippen MR) is 157 cm³/mol. The summed E-state index contributed by atoms with van der Waals surface area (Å²) in [5.74, 6) is 0. The number of nitrogens with zero attached hydrogens (tertiary/aromatic N) is 5. The second-order valence-electron chi connectivity index (χ2n) is 10.4. The van der Waals surface area contributed by atoms with Gasteiger partial charge in [-0.1, -0.05) is 44.2 Å². The SMILES string of the molecule is CCC(C)N1C=CN(c2cccc(-n3c4ccccc4c4ccc(N5C=CN(C(C)CC)C5)cc43)c2)C1. The average Bonchev–Trinajstić information content (AvgIpc) is 3.70. The Hall–Kier alpha value is -3.86. The normalized spacial score (nSPS) is 17.1. The molecule has 2 aliphatic heterocycles. The van der Waals surface area contributed by atoms with E-state index in [4.69, 9.17) is 0 Å². The molecule has 0 N–H and O–H groups in total. The van der Waals surface area contributed by atoms with Crippen molar-refractivity contribution in [2.75, 3.05) is 23.1 Å². The molecule has 0 saturated carbocycles. The Morgan fingerprint density at radius 1 is 0.595 bits per heavy atom. The van der Waals surface area contributed by atoms with Gasteiger partial charge in [0.1, 0.15) is 0 Å². The van der Waals surface area contributed by atoms with E-state index in [1.807, 2.05) is 0 Å². The van der Waals surface area contributed by atoms with Crippen molar-refractivity contribution < 1.29 is 0 Å². The van der Waals surface area contributed by atoms with Crippen molar-refractivity contribution in [1.82, 2.24) is 14.4 Å². The second-order valence-corrected chi connectivity index (χ2v) is 10.4. The molecule has 0 aliphatic carbocycles. The van der Waals surface area contributed by atoms with Gasteiger partial charge in [-0.15, -0.1) is 0 Å². The highest BCUT2D eigenvalue weighted by atomic mass is 15.4. The fourth-order valence-corrected chi connectivity index (χ4v) is 5.48. The molecule has 4 aromatic rings. The largest absolute Gasteiger partial charge is 0.356 e. The fraction of sp³-hybridized carbons (Fsp3) is 0.312. The third kappa shape index (κ3) is 4.12. The lowest BCUT2D eigenvalue weighted by atomic mass is 10.1. The predicted octanol–water partition coefficient (Wildman–Crippen LogP) is 7.48. The van der Waals surface area contributed by atoms with E-state index in [2.05, 4.69) is 143 Å². The molecular weight excluding hydrogens is 454 g/mol. The van der Waals surface area contributed by atoms with Gasteiger partial charge in [-0.2, -0.15) is 0 Å². The van der Waals surface area contributed by atoms with E-state index in [0.717, 1.165) is 26.2 Å². The maximum atomic E-state index is 2.43. The molecule has 190 valence electrons. The van der Waals surface area contributed by atoms with E-state index in [0.29, 0.717) is 12.1 Å². The zero-order chi connectivity index (χ0) is 25.5. The Morgan fingerprint density at radius 2 is 1.19 bits per heavy atom. The molecule has 0 radical (unpaired) electrons. The van der Waals surface area contributed by atoms with E-state index >= 15 is 0 Å². The molecule has 5 nitrogen and oxygen atoms in total. The molecule has 2 aliphatic rings. The van der Waals surface area contributed by atoms with Crippen LogP contribution in [0.4, 0.5) is 11.4 Å². The number of hydrogen-bond donors (Lipinski definition) is 0. The first-order valence-corrected chi connectivity index (χ1v) is 13.6. The molecule has 2 unspecified atom stereocenters. The van der Waals surface area contributed by atoms with E-state index < -0.39 is 0 Å². The van der Waals surface area contributed by atoms with Crippen LogP contribution in [-0.2, 0) is 0 Å². The fourth-order valence-electron chi connectivity index (χ4n) is 5.48. The van der Waals surface area contributed by atoms with Crippen LogP contribution in [0.25, 0.3) is 27.5 Å². The number of hydrogen-bond acceptors (Lipinski definition) is 4. The number of aromatic nitrogens is 1. The third-order valence-electron chi connectivity index (χ3n) is 8.23. The third-order valence-corrected chi connectivity index (χ3v) is 8.23. The van der Waals surface area contributed by atoms with Gasteiger partial charge in [0.15, 0.2) is 0 Å². The highest BCUT2D eigenvalue weighted by Gasteiger charge is 2.21. The molecule has 2 atom stereocenters. The molecule has 3 heterocycles. The maximum absolute atomic E-state index is 2.43. The molecule has 0 spiro atoms. The van der Waals surface area contributed by atoms with Crippen molar-refractivity contribution in [3.63, 3.8) is 0 Å². The smallest absolute Gasteiger partial charge is 0.0944 e. The highest BCUT2D eigenvalue weighted by Crippen LogP contribution is 2.36. The first-order valence-electron chi connectivity index (χ1n) is 13.6. The zero-order valence-electron chi connectivity index (χ0n) is 22.4. The number of benzene rings is 3. The van der Waals surface area contributed by atoms with Crippen molar-refractivity contribution in [3.05, 3.63) is 91.5 Å². The van der Waals surface area contributed by atoms with Crippen molar-refractivity contribution >= 4 is 33.2 Å². The summed E-state index contributed by atoms with van der Waals surface area (Å²) < 4.78 is 2.43. The molecule has 1 aromatic heterocycles. The number of fused-ring (bicyclic) bond motifs is 3.